The van der Waals surface area contributed by atoms with Crippen molar-refractivity contribution in [3.05, 3.63) is 22.5 Å². The summed E-state index contributed by atoms with van der Waals surface area (Å²) in [4.78, 5) is 10.4. The van der Waals surface area contributed by atoms with E-state index in [1.54, 1.807) is 0 Å². The van der Waals surface area contributed by atoms with Crippen molar-refractivity contribution in [1.82, 2.24) is 0 Å². The van der Waals surface area contributed by atoms with Gasteiger partial charge in [-0.3, -0.25) is 4.79 Å². The molecule has 0 spiro atoms. The van der Waals surface area contributed by atoms with Crippen LogP contribution in [0.3, 0.4) is 0 Å². The van der Waals surface area contributed by atoms with E-state index in [1.807, 2.05) is 0 Å². The van der Waals surface area contributed by atoms with Gasteiger partial charge >= 0.3 is 5.97 Å². The first kappa shape index (κ1) is 12.6. The number of aliphatic carboxylic acids is 1. The molecule has 0 fully saturated rings. The zero-order chi connectivity index (χ0) is 12.3. The predicted octanol–water partition coefficient (Wildman–Crippen LogP) is 2.21. The van der Waals surface area contributed by atoms with Crippen LogP contribution in [0.2, 0.25) is 5.02 Å². The van der Waals surface area contributed by atoms with Crippen molar-refractivity contribution in [2.45, 2.75) is 12.8 Å². The molecule has 0 amide bonds. The Bertz CT molecular complexity index is 420. The number of phenols is 1. The van der Waals surface area contributed by atoms with Crippen LogP contribution in [0.1, 0.15) is 12.0 Å². The van der Waals surface area contributed by atoms with Crippen molar-refractivity contribution in [3.8, 4) is 11.5 Å². The number of phenolic OH excluding ortho intramolecular Hbond substituents is 1. The minimum atomic E-state index is -1.01. The Morgan fingerprint density at radius 2 is 2.25 bits per heavy atom. The molecule has 0 saturated heterocycles. The van der Waals surface area contributed by atoms with Gasteiger partial charge in [-0.1, -0.05) is 11.6 Å². The van der Waals surface area contributed by atoms with E-state index in [-0.39, 0.29) is 29.2 Å². The second kappa shape index (κ2) is 5.03. The van der Waals surface area contributed by atoms with Gasteiger partial charge in [0.25, 0.3) is 0 Å². The molecule has 88 valence electrons. The van der Waals surface area contributed by atoms with E-state index in [0.717, 1.165) is 0 Å². The maximum atomic E-state index is 13.3. The molecule has 6 heteroatoms. The summed E-state index contributed by atoms with van der Waals surface area (Å²) in [6.45, 7) is 0. The van der Waals surface area contributed by atoms with Gasteiger partial charge in [-0.05, 0) is 12.5 Å². The lowest BCUT2D eigenvalue weighted by molar-refractivity contribution is -0.136. The van der Waals surface area contributed by atoms with E-state index in [0.29, 0.717) is 0 Å². The van der Waals surface area contributed by atoms with Crippen molar-refractivity contribution < 1.29 is 24.1 Å². The number of aromatic hydroxyl groups is 1. The van der Waals surface area contributed by atoms with Crippen LogP contribution in [0.4, 0.5) is 4.39 Å². The quantitative estimate of drug-likeness (QED) is 0.857. The second-order valence-electron chi connectivity index (χ2n) is 3.11. The van der Waals surface area contributed by atoms with E-state index in [2.05, 4.69) is 4.74 Å². The number of carbonyl (C=O) groups is 1. The molecule has 0 unspecified atom stereocenters. The number of rotatable bonds is 4. The fraction of sp³-hybridized carbons (Fsp3) is 0.300. The smallest absolute Gasteiger partial charge is 0.303 e. The molecule has 0 bridgehead atoms. The maximum Gasteiger partial charge on any atom is 0.303 e. The minimum absolute atomic E-state index is 0.0531. The lowest BCUT2D eigenvalue weighted by Crippen LogP contribution is -2.00. The molecule has 0 saturated carbocycles. The Kier molecular flexibility index (Phi) is 3.95. The number of hydrogen-bond acceptors (Lipinski definition) is 3. The predicted molar refractivity (Wildman–Crippen MR) is 55.6 cm³/mol. The molecule has 0 atom stereocenters. The Morgan fingerprint density at radius 3 is 2.75 bits per heavy atom. The zero-order valence-corrected chi connectivity index (χ0v) is 9.21. The first-order chi connectivity index (χ1) is 7.47. The number of hydrogen-bond donors (Lipinski definition) is 2. The molecule has 1 aromatic carbocycles. The number of methoxy groups -OCH3 is 1. The van der Waals surface area contributed by atoms with Gasteiger partial charge in [0, 0.05) is 12.0 Å². The van der Waals surface area contributed by atoms with Crippen LogP contribution in [0.5, 0.6) is 11.5 Å². The summed E-state index contributed by atoms with van der Waals surface area (Å²) in [6, 6.07) is 1.19. The van der Waals surface area contributed by atoms with E-state index in [4.69, 9.17) is 16.7 Å². The minimum Gasteiger partial charge on any atom is -0.504 e. The molecular formula is C10H10ClFO4. The van der Waals surface area contributed by atoms with Gasteiger partial charge < -0.3 is 14.9 Å². The number of ether oxygens (including phenoxy) is 1. The summed E-state index contributed by atoms with van der Waals surface area (Å²) in [5.41, 5.74) is 0.241. The van der Waals surface area contributed by atoms with Crippen LogP contribution in [-0.4, -0.2) is 23.3 Å². The lowest BCUT2D eigenvalue weighted by atomic mass is 10.1. The first-order valence-corrected chi connectivity index (χ1v) is 4.80. The topological polar surface area (TPSA) is 66.8 Å². The van der Waals surface area contributed by atoms with Gasteiger partial charge in [0.2, 0.25) is 0 Å². The van der Waals surface area contributed by atoms with E-state index in [9.17, 15) is 14.3 Å². The Morgan fingerprint density at radius 1 is 1.62 bits per heavy atom. The molecule has 0 aromatic heterocycles. The van der Waals surface area contributed by atoms with Gasteiger partial charge in [-0.2, -0.15) is 0 Å². The molecule has 0 radical (unpaired) electrons. The highest BCUT2D eigenvalue weighted by molar-refractivity contribution is 6.31. The Balaban J connectivity index is 3.10. The molecule has 16 heavy (non-hydrogen) atoms. The summed E-state index contributed by atoms with van der Waals surface area (Å²) in [7, 11) is 1.19. The number of aryl methyl sites for hydroxylation is 1. The van der Waals surface area contributed by atoms with Crippen LogP contribution < -0.4 is 4.74 Å². The maximum absolute atomic E-state index is 13.3. The average molecular weight is 249 g/mol. The summed E-state index contributed by atoms with van der Waals surface area (Å²) in [6.07, 6.45) is -0.129. The number of benzene rings is 1. The highest BCUT2D eigenvalue weighted by Crippen LogP contribution is 2.37. The molecule has 0 heterocycles. The summed E-state index contributed by atoms with van der Waals surface area (Å²) in [5, 5.41) is 17.9. The van der Waals surface area contributed by atoms with Gasteiger partial charge in [-0.25, -0.2) is 4.39 Å². The summed E-state index contributed by atoms with van der Waals surface area (Å²) in [5.74, 6) is -2.65. The van der Waals surface area contributed by atoms with Crippen molar-refractivity contribution in [2.75, 3.05) is 7.11 Å². The molecule has 0 aliphatic carbocycles. The standard InChI is InChI=1S/C10H10ClFO4/c1-16-10-8(12)6(11)4-5(9(10)15)2-3-7(13)14/h4,15H,2-3H2,1H3,(H,13,14). The number of carboxylic acids is 1. The van der Waals surface area contributed by atoms with Crippen LogP contribution in [0.15, 0.2) is 6.07 Å². The highest BCUT2D eigenvalue weighted by atomic mass is 35.5. The first-order valence-electron chi connectivity index (χ1n) is 4.43. The molecule has 4 nitrogen and oxygen atoms in total. The molecule has 2 N–H and O–H groups in total. The molecule has 1 aromatic rings. The number of halogens is 2. The number of carboxylic acid groups (broad SMARTS) is 1. The van der Waals surface area contributed by atoms with Crippen LogP contribution in [0.25, 0.3) is 0 Å². The SMILES string of the molecule is COc1c(O)c(CCC(=O)O)cc(Cl)c1F. The summed E-state index contributed by atoms with van der Waals surface area (Å²) < 4.78 is 18.0. The fourth-order valence-corrected chi connectivity index (χ4v) is 1.48. The second-order valence-corrected chi connectivity index (χ2v) is 3.51. The lowest BCUT2D eigenvalue weighted by Gasteiger charge is -2.10. The Labute approximate surface area is 96.2 Å². The third-order valence-electron chi connectivity index (χ3n) is 2.04. The third kappa shape index (κ3) is 2.55. The fourth-order valence-electron chi connectivity index (χ4n) is 1.26. The molecule has 0 aliphatic rings. The van der Waals surface area contributed by atoms with Gasteiger partial charge in [0.05, 0.1) is 12.1 Å². The van der Waals surface area contributed by atoms with Gasteiger partial charge in [-0.15, -0.1) is 0 Å². The monoisotopic (exact) mass is 248 g/mol. The van der Waals surface area contributed by atoms with E-state index < -0.39 is 17.5 Å². The summed E-state index contributed by atoms with van der Waals surface area (Å²) >= 11 is 5.57. The molecule has 0 aliphatic heterocycles. The van der Waals surface area contributed by atoms with Crippen LogP contribution in [-0.2, 0) is 11.2 Å². The normalized spacial score (nSPS) is 10.2. The van der Waals surface area contributed by atoms with Crippen molar-refractivity contribution in [2.24, 2.45) is 0 Å². The third-order valence-corrected chi connectivity index (χ3v) is 2.32. The van der Waals surface area contributed by atoms with E-state index in [1.165, 1.54) is 13.2 Å². The van der Waals surface area contributed by atoms with Crippen molar-refractivity contribution in [3.63, 3.8) is 0 Å². The van der Waals surface area contributed by atoms with Crippen molar-refractivity contribution >= 4 is 17.6 Å². The van der Waals surface area contributed by atoms with Crippen LogP contribution >= 0.6 is 11.6 Å². The average Bonchev–Trinajstić information content (AvgIpc) is 2.22. The zero-order valence-electron chi connectivity index (χ0n) is 8.46. The molecular weight excluding hydrogens is 239 g/mol. The van der Waals surface area contributed by atoms with E-state index >= 15 is 0 Å². The van der Waals surface area contributed by atoms with Crippen molar-refractivity contribution in [1.29, 1.82) is 0 Å². The highest BCUT2D eigenvalue weighted by Gasteiger charge is 2.17. The largest absolute Gasteiger partial charge is 0.504 e. The van der Waals surface area contributed by atoms with Gasteiger partial charge in [0.15, 0.2) is 17.3 Å². The van der Waals surface area contributed by atoms with Gasteiger partial charge in [0.1, 0.15) is 0 Å². The molecule has 1 rings (SSSR count). The Hall–Kier alpha value is -1.49. The van der Waals surface area contributed by atoms with Crippen LogP contribution in [0, 0.1) is 5.82 Å².